The van der Waals surface area contributed by atoms with E-state index in [9.17, 15) is 0 Å². The first kappa shape index (κ1) is 43.3. The van der Waals surface area contributed by atoms with Crippen LogP contribution in [0.2, 0.25) is 15.1 Å². The number of rotatable bonds is 7. The predicted molar refractivity (Wildman–Crippen MR) is 309 cm³/mol. The molecule has 15 rings (SSSR count). The van der Waals surface area contributed by atoms with Crippen molar-refractivity contribution in [3.8, 4) is 55.6 Å². The van der Waals surface area contributed by atoms with Gasteiger partial charge in [-0.25, -0.2) is 0 Å². The third-order valence-electron chi connectivity index (χ3n) is 16.1. The molecule has 0 saturated heterocycles. The van der Waals surface area contributed by atoms with Crippen molar-refractivity contribution in [2.24, 2.45) is 0 Å². The smallest absolute Gasteiger partial charge is 0.0746 e. The molecule has 0 saturated carbocycles. The molecule has 0 bridgehead atoms. The quantitative estimate of drug-likeness (QED) is 0.149. The van der Waals surface area contributed by atoms with E-state index in [4.69, 9.17) is 34.8 Å². The number of para-hydroxylation sites is 2. The van der Waals surface area contributed by atoms with E-state index in [1.54, 1.807) is 0 Å². The van der Waals surface area contributed by atoms with Gasteiger partial charge < -0.3 is 16.0 Å². The summed E-state index contributed by atoms with van der Waals surface area (Å²) < 4.78 is 0. The van der Waals surface area contributed by atoms with Crippen molar-refractivity contribution in [1.82, 2.24) is 0 Å². The summed E-state index contributed by atoms with van der Waals surface area (Å²) in [4.78, 5) is 0. The highest BCUT2D eigenvalue weighted by Gasteiger charge is 2.54. The van der Waals surface area contributed by atoms with Gasteiger partial charge in [0, 0.05) is 22.6 Å². The Morgan fingerprint density at radius 3 is 1.30 bits per heavy atom. The molecule has 0 heterocycles. The fraction of sp³-hybridized carbons (Fsp3) is 0.0294. The van der Waals surface area contributed by atoms with Crippen molar-refractivity contribution in [1.29, 1.82) is 0 Å². The largest absolute Gasteiger partial charge is 0.354 e. The average Bonchev–Trinajstić information content (AvgIpc) is 4.15. The van der Waals surface area contributed by atoms with Gasteiger partial charge in [0.1, 0.15) is 0 Å². The molecular formula is C68H42Cl3N3. The number of nitrogens with one attached hydrogen (secondary N) is 3. The third kappa shape index (κ3) is 5.97. The number of anilines is 6. The van der Waals surface area contributed by atoms with E-state index in [2.05, 4.69) is 198 Å². The van der Waals surface area contributed by atoms with Crippen LogP contribution in [0, 0.1) is 0 Å². The van der Waals surface area contributed by atoms with Crippen LogP contribution in [0.3, 0.4) is 0 Å². The summed E-state index contributed by atoms with van der Waals surface area (Å²) in [5.74, 6) is 0. The molecule has 11 aromatic rings. The van der Waals surface area contributed by atoms with Gasteiger partial charge in [-0.3, -0.25) is 0 Å². The minimum atomic E-state index is -0.604. The van der Waals surface area contributed by atoms with Crippen LogP contribution in [-0.4, -0.2) is 0 Å². The second kappa shape index (κ2) is 16.3. The second-order valence-corrected chi connectivity index (χ2v) is 20.9. The topological polar surface area (TPSA) is 36.1 Å². The molecule has 4 aliphatic carbocycles. The van der Waals surface area contributed by atoms with Crippen LogP contribution in [0.15, 0.2) is 237 Å². The Bertz CT molecular complexity index is 4150. The van der Waals surface area contributed by atoms with Gasteiger partial charge in [-0.05, 0) is 161 Å². The Morgan fingerprint density at radius 1 is 0.257 bits per heavy atom. The minimum Gasteiger partial charge on any atom is -0.354 e. The molecule has 11 aromatic carbocycles. The normalized spacial score (nSPS) is 15.1. The average molecular weight is 1010 g/mol. The van der Waals surface area contributed by atoms with Crippen LogP contribution < -0.4 is 16.0 Å². The lowest BCUT2D eigenvalue weighted by atomic mass is 9.70. The van der Waals surface area contributed by atoms with Gasteiger partial charge >= 0.3 is 0 Å². The molecule has 0 amide bonds. The fourth-order valence-corrected chi connectivity index (χ4v) is 13.8. The zero-order chi connectivity index (χ0) is 49.3. The highest BCUT2D eigenvalue weighted by molar-refractivity contribution is 6.34. The van der Waals surface area contributed by atoms with Crippen LogP contribution in [0.1, 0.15) is 44.5 Å². The van der Waals surface area contributed by atoms with Gasteiger partial charge in [0.15, 0.2) is 0 Å². The van der Waals surface area contributed by atoms with Crippen LogP contribution in [0.4, 0.5) is 34.1 Å². The van der Waals surface area contributed by atoms with Gasteiger partial charge in [-0.15, -0.1) is 0 Å². The van der Waals surface area contributed by atoms with E-state index in [-0.39, 0.29) is 0 Å². The van der Waals surface area contributed by atoms with Crippen LogP contribution in [0.5, 0.6) is 0 Å². The van der Waals surface area contributed by atoms with Crippen LogP contribution in [-0.2, 0) is 10.8 Å². The lowest BCUT2D eigenvalue weighted by Crippen LogP contribution is -2.26. The molecule has 0 fully saturated rings. The Labute approximate surface area is 444 Å². The van der Waals surface area contributed by atoms with E-state index in [1.165, 1.54) is 83.5 Å². The lowest BCUT2D eigenvalue weighted by Gasteiger charge is -2.32. The van der Waals surface area contributed by atoms with Crippen molar-refractivity contribution in [2.45, 2.75) is 10.8 Å². The molecule has 0 aromatic heterocycles. The first-order valence-corrected chi connectivity index (χ1v) is 26.1. The maximum atomic E-state index is 7.26. The van der Waals surface area contributed by atoms with Crippen molar-refractivity contribution in [3.05, 3.63) is 296 Å². The first-order chi connectivity index (χ1) is 36.4. The molecule has 3 N–H and O–H groups in total. The molecule has 4 aliphatic rings. The molecule has 1 unspecified atom stereocenters. The Morgan fingerprint density at radius 2 is 0.676 bits per heavy atom. The van der Waals surface area contributed by atoms with Gasteiger partial charge in [-0.2, -0.15) is 0 Å². The molecule has 2 spiro atoms. The maximum Gasteiger partial charge on any atom is 0.0746 e. The lowest BCUT2D eigenvalue weighted by molar-refractivity contribution is 0.794. The zero-order valence-electron chi connectivity index (χ0n) is 39.7. The van der Waals surface area contributed by atoms with Crippen molar-refractivity contribution in [3.63, 3.8) is 0 Å². The summed E-state index contributed by atoms with van der Waals surface area (Å²) in [5.41, 5.74) is 26.4. The van der Waals surface area contributed by atoms with Gasteiger partial charge in [0.2, 0.25) is 0 Å². The molecule has 3 nitrogen and oxygen atoms in total. The predicted octanol–water partition coefficient (Wildman–Crippen LogP) is 19.2. The number of hydrogen-bond acceptors (Lipinski definition) is 3. The van der Waals surface area contributed by atoms with E-state index in [0.29, 0.717) is 15.1 Å². The Kier molecular flexibility index (Phi) is 9.56. The Hall–Kier alpha value is -8.31. The fourth-order valence-electron chi connectivity index (χ4n) is 13.3. The number of halogens is 3. The second-order valence-electron chi connectivity index (χ2n) is 19.7. The van der Waals surface area contributed by atoms with Gasteiger partial charge in [0.25, 0.3) is 0 Å². The molecule has 74 heavy (non-hydrogen) atoms. The van der Waals surface area contributed by atoms with Crippen LogP contribution in [0.25, 0.3) is 55.6 Å². The monoisotopic (exact) mass is 1010 g/mol. The van der Waals surface area contributed by atoms with E-state index in [0.717, 1.165) is 50.8 Å². The van der Waals surface area contributed by atoms with Crippen molar-refractivity contribution in [2.75, 3.05) is 16.0 Å². The summed E-state index contributed by atoms with van der Waals surface area (Å²) >= 11 is 20.8. The molecular weight excluding hydrogens is 965 g/mol. The molecule has 6 heteroatoms. The van der Waals surface area contributed by atoms with Gasteiger partial charge in [0.05, 0.1) is 43.0 Å². The summed E-state index contributed by atoms with van der Waals surface area (Å²) in [6.45, 7) is 0. The maximum absolute atomic E-state index is 7.26. The number of benzene rings is 11. The standard InChI is InChI=1S/C68H42Cl3N3/c69-58-26-9-11-28-61(58)72-41-32-34-55-49(38-41)50-39-42(33-35-56(50)67(55)51-21-5-1-15-44(51)45-16-2-6-22-52(45)67)73-64-37-40(31-36-60(64)71)43-19-13-25-57-65(43)48-18-4-8-24-54(48)68(57)53-23-7-3-17-46(53)47-20-14-30-63(66(47)68)74-62-29-12-10-27-59(62)70/h1-39,72-74H. The summed E-state index contributed by atoms with van der Waals surface area (Å²) in [6.07, 6.45) is 0. The van der Waals surface area contributed by atoms with Crippen LogP contribution >= 0.6 is 34.8 Å². The van der Waals surface area contributed by atoms with E-state index < -0.39 is 10.8 Å². The number of hydrogen-bond donors (Lipinski definition) is 3. The third-order valence-corrected chi connectivity index (χ3v) is 17.1. The highest BCUT2D eigenvalue weighted by atomic mass is 35.5. The summed E-state index contributed by atoms with van der Waals surface area (Å²) in [6, 6.07) is 84.9. The van der Waals surface area contributed by atoms with E-state index in [1.807, 2.05) is 54.6 Å². The highest BCUT2D eigenvalue weighted by Crippen LogP contribution is 2.67. The van der Waals surface area contributed by atoms with E-state index >= 15 is 0 Å². The minimum absolute atomic E-state index is 0.496. The molecule has 350 valence electrons. The zero-order valence-corrected chi connectivity index (χ0v) is 41.9. The first-order valence-electron chi connectivity index (χ1n) is 25.0. The number of fused-ring (bicyclic) bond motifs is 20. The van der Waals surface area contributed by atoms with Gasteiger partial charge in [-0.1, -0.05) is 205 Å². The molecule has 1 atom stereocenters. The summed E-state index contributed by atoms with van der Waals surface area (Å²) in [5, 5.41) is 13.2. The Balaban J connectivity index is 0.872. The van der Waals surface area contributed by atoms with Crippen molar-refractivity contribution < 1.29 is 0 Å². The molecule has 0 aliphatic heterocycles. The summed E-state index contributed by atoms with van der Waals surface area (Å²) in [7, 11) is 0. The van der Waals surface area contributed by atoms with Crippen molar-refractivity contribution >= 4 is 68.9 Å². The SMILES string of the molecule is Clc1ccccc1Nc1ccc2c(c1)-c1cc(Nc3cc(-c4cccc5c4-c4ccccc4C54c5ccccc5-c5cccc(Nc6ccccc6Cl)c54)ccc3Cl)ccc1C21c2ccccc2-c2ccccc21. The molecule has 0 radical (unpaired) electrons.